The molecule has 96 valence electrons. The van der Waals surface area contributed by atoms with Crippen LogP contribution in [0.4, 0.5) is 11.4 Å². The smallest absolute Gasteiger partial charge is 0.0951 e. The Morgan fingerprint density at radius 2 is 2.17 bits per heavy atom. The van der Waals surface area contributed by atoms with E-state index in [1.165, 1.54) is 0 Å². The first kappa shape index (κ1) is 12.6. The number of nitrogens with one attached hydrogen (secondary N) is 1. The van der Waals surface area contributed by atoms with Gasteiger partial charge in [0, 0.05) is 37.5 Å². The van der Waals surface area contributed by atoms with Gasteiger partial charge < -0.3 is 15.8 Å². The number of nitrogens with two attached hydrogens (primary N) is 1. The van der Waals surface area contributed by atoms with Crippen molar-refractivity contribution in [2.75, 3.05) is 31.3 Å². The zero-order chi connectivity index (χ0) is 12.8. The van der Waals surface area contributed by atoms with Crippen LogP contribution in [0.25, 0.3) is 10.9 Å². The van der Waals surface area contributed by atoms with Gasteiger partial charge in [0.25, 0.3) is 0 Å². The Morgan fingerprint density at radius 1 is 1.28 bits per heavy atom. The SMILES string of the molecule is COCCCCNc1ccc(N)c2ncccc12. The van der Waals surface area contributed by atoms with E-state index in [2.05, 4.69) is 10.3 Å². The Bertz CT molecular complexity index is 513. The average molecular weight is 245 g/mol. The quantitative estimate of drug-likeness (QED) is 0.606. The lowest BCUT2D eigenvalue weighted by Crippen LogP contribution is -2.04. The zero-order valence-corrected chi connectivity index (χ0v) is 10.6. The predicted octanol–water partition coefficient (Wildman–Crippen LogP) is 2.66. The largest absolute Gasteiger partial charge is 0.397 e. The van der Waals surface area contributed by atoms with Gasteiger partial charge in [-0.25, -0.2) is 0 Å². The second kappa shape index (κ2) is 6.21. The second-order valence-electron chi connectivity index (χ2n) is 4.23. The van der Waals surface area contributed by atoms with Gasteiger partial charge in [-0.1, -0.05) is 0 Å². The summed E-state index contributed by atoms with van der Waals surface area (Å²) < 4.78 is 5.03. The third-order valence-corrected chi connectivity index (χ3v) is 2.89. The molecule has 0 unspecified atom stereocenters. The molecule has 18 heavy (non-hydrogen) atoms. The molecule has 0 aliphatic carbocycles. The van der Waals surface area contributed by atoms with Gasteiger partial charge in [-0.05, 0) is 37.1 Å². The highest BCUT2D eigenvalue weighted by Crippen LogP contribution is 2.26. The van der Waals surface area contributed by atoms with Crippen LogP contribution in [0.1, 0.15) is 12.8 Å². The van der Waals surface area contributed by atoms with Crippen molar-refractivity contribution >= 4 is 22.3 Å². The molecule has 4 heteroatoms. The molecule has 1 aromatic carbocycles. The molecular formula is C14H19N3O. The number of anilines is 2. The van der Waals surface area contributed by atoms with Gasteiger partial charge in [0.1, 0.15) is 0 Å². The highest BCUT2D eigenvalue weighted by atomic mass is 16.5. The summed E-state index contributed by atoms with van der Waals surface area (Å²) >= 11 is 0. The van der Waals surface area contributed by atoms with Crippen LogP contribution in [0, 0.1) is 0 Å². The third kappa shape index (κ3) is 2.90. The molecule has 4 nitrogen and oxygen atoms in total. The van der Waals surface area contributed by atoms with Crippen molar-refractivity contribution in [3.05, 3.63) is 30.5 Å². The van der Waals surface area contributed by atoms with Crippen molar-refractivity contribution in [3.8, 4) is 0 Å². The number of hydrogen-bond donors (Lipinski definition) is 2. The van der Waals surface area contributed by atoms with Gasteiger partial charge in [0.15, 0.2) is 0 Å². The van der Waals surface area contributed by atoms with Crippen molar-refractivity contribution < 1.29 is 4.74 Å². The molecule has 0 saturated carbocycles. The van der Waals surface area contributed by atoms with Crippen LogP contribution in [-0.2, 0) is 4.74 Å². The molecule has 0 spiro atoms. The Hall–Kier alpha value is -1.81. The van der Waals surface area contributed by atoms with Crippen molar-refractivity contribution in [1.82, 2.24) is 4.98 Å². The van der Waals surface area contributed by atoms with E-state index >= 15 is 0 Å². The third-order valence-electron chi connectivity index (χ3n) is 2.89. The fraction of sp³-hybridized carbons (Fsp3) is 0.357. The Labute approximate surface area is 107 Å². The first-order valence-corrected chi connectivity index (χ1v) is 6.19. The predicted molar refractivity (Wildman–Crippen MR) is 75.8 cm³/mol. The summed E-state index contributed by atoms with van der Waals surface area (Å²) in [5.41, 5.74) is 8.58. The summed E-state index contributed by atoms with van der Waals surface area (Å²) in [6.45, 7) is 1.74. The molecule has 1 heterocycles. The Morgan fingerprint density at radius 3 is 3.00 bits per heavy atom. The van der Waals surface area contributed by atoms with E-state index in [1.807, 2.05) is 24.3 Å². The molecule has 3 N–H and O–H groups in total. The van der Waals surface area contributed by atoms with Crippen molar-refractivity contribution in [1.29, 1.82) is 0 Å². The number of pyridine rings is 1. The van der Waals surface area contributed by atoms with Gasteiger partial charge in [-0.3, -0.25) is 4.98 Å². The highest BCUT2D eigenvalue weighted by Gasteiger charge is 2.03. The van der Waals surface area contributed by atoms with E-state index in [4.69, 9.17) is 10.5 Å². The molecule has 0 aliphatic rings. The molecule has 2 aromatic rings. The molecule has 0 aliphatic heterocycles. The van der Waals surface area contributed by atoms with E-state index < -0.39 is 0 Å². The average Bonchev–Trinajstić information content (AvgIpc) is 2.41. The number of aromatic nitrogens is 1. The van der Waals surface area contributed by atoms with Gasteiger partial charge in [0.2, 0.25) is 0 Å². The van der Waals surface area contributed by atoms with Gasteiger partial charge in [-0.15, -0.1) is 0 Å². The van der Waals surface area contributed by atoms with Crippen molar-refractivity contribution in [2.24, 2.45) is 0 Å². The zero-order valence-electron chi connectivity index (χ0n) is 10.6. The highest BCUT2D eigenvalue weighted by molar-refractivity contribution is 5.98. The first-order valence-electron chi connectivity index (χ1n) is 6.19. The number of benzene rings is 1. The van der Waals surface area contributed by atoms with Crippen LogP contribution in [0.15, 0.2) is 30.5 Å². The minimum absolute atomic E-state index is 0.718. The van der Waals surface area contributed by atoms with Crippen LogP contribution in [0.3, 0.4) is 0 Å². The Kier molecular flexibility index (Phi) is 4.36. The summed E-state index contributed by atoms with van der Waals surface area (Å²) in [4.78, 5) is 4.31. The van der Waals surface area contributed by atoms with Crippen LogP contribution in [0.5, 0.6) is 0 Å². The van der Waals surface area contributed by atoms with E-state index in [-0.39, 0.29) is 0 Å². The lowest BCUT2D eigenvalue weighted by Gasteiger charge is -2.10. The van der Waals surface area contributed by atoms with Gasteiger partial charge in [-0.2, -0.15) is 0 Å². The van der Waals surface area contributed by atoms with E-state index in [0.717, 1.165) is 48.3 Å². The molecule has 0 radical (unpaired) electrons. The molecule has 0 saturated heterocycles. The lowest BCUT2D eigenvalue weighted by atomic mass is 10.1. The number of fused-ring (bicyclic) bond motifs is 1. The molecule has 0 amide bonds. The van der Waals surface area contributed by atoms with Crippen LogP contribution < -0.4 is 11.1 Å². The molecule has 0 atom stereocenters. The first-order chi connectivity index (χ1) is 8.83. The normalized spacial score (nSPS) is 10.7. The van der Waals surface area contributed by atoms with Gasteiger partial charge in [0.05, 0.1) is 11.2 Å². The molecule has 0 bridgehead atoms. The van der Waals surface area contributed by atoms with Crippen molar-refractivity contribution in [2.45, 2.75) is 12.8 Å². The van der Waals surface area contributed by atoms with E-state index in [9.17, 15) is 0 Å². The summed E-state index contributed by atoms with van der Waals surface area (Å²) in [6.07, 6.45) is 3.91. The summed E-state index contributed by atoms with van der Waals surface area (Å²) in [7, 11) is 1.73. The number of hydrogen-bond acceptors (Lipinski definition) is 4. The van der Waals surface area contributed by atoms with Crippen molar-refractivity contribution in [3.63, 3.8) is 0 Å². The van der Waals surface area contributed by atoms with E-state index in [1.54, 1.807) is 13.3 Å². The lowest BCUT2D eigenvalue weighted by molar-refractivity contribution is 0.194. The number of rotatable bonds is 6. The number of nitrogens with zero attached hydrogens (tertiary/aromatic N) is 1. The number of ether oxygens (including phenoxy) is 1. The minimum atomic E-state index is 0.718. The topological polar surface area (TPSA) is 60.2 Å². The Balaban J connectivity index is 2.07. The van der Waals surface area contributed by atoms with Gasteiger partial charge >= 0.3 is 0 Å². The molecule has 0 fully saturated rings. The maximum absolute atomic E-state index is 5.91. The minimum Gasteiger partial charge on any atom is -0.397 e. The van der Waals surface area contributed by atoms with E-state index in [0.29, 0.717) is 0 Å². The molecule has 2 rings (SSSR count). The number of nitrogen functional groups attached to an aromatic ring is 1. The summed E-state index contributed by atoms with van der Waals surface area (Å²) in [5, 5.41) is 4.50. The monoisotopic (exact) mass is 245 g/mol. The maximum atomic E-state index is 5.91. The standard InChI is InChI=1S/C14H19N3O/c1-18-10-3-2-8-16-13-7-6-12(15)14-11(13)5-4-9-17-14/h4-7,9,16H,2-3,8,10,15H2,1H3. The fourth-order valence-electron chi connectivity index (χ4n) is 1.94. The summed E-state index contributed by atoms with van der Waals surface area (Å²) in [6, 6.07) is 7.87. The maximum Gasteiger partial charge on any atom is 0.0951 e. The van der Waals surface area contributed by atoms with Crippen LogP contribution in [0.2, 0.25) is 0 Å². The fourth-order valence-corrected chi connectivity index (χ4v) is 1.94. The number of methoxy groups -OCH3 is 1. The summed E-state index contributed by atoms with van der Waals surface area (Å²) in [5.74, 6) is 0. The number of unbranched alkanes of at least 4 members (excludes halogenated alkanes) is 1. The molecular weight excluding hydrogens is 226 g/mol. The van der Waals surface area contributed by atoms with Crippen LogP contribution in [-0.4, -0.2) is 25.2 Å². The second-order valence-corrected chi connectivity index (χ2v) is 4.23. The molecule has 1 aromatic heterocycles. The van der Waals surface area contributed by atoms with Crippen LogP contribution >= 0.6 is 0 Å².